The number of hydrogen-bond acceptors (Lipinski definition) is 2. The molecule has 2 aromatic carbocycles. The van der Waals surface area contributed by atoms with E-state index in [9.17, 15) is 4.79 Å². The summed E-state index contributed by atoms with van der Waals surface area (Å²) in [7, 11) is 0. The highest BCUT2D eigenvalue weighted by Crippen LogP contribution is 2.49. The number of ketones is 1. The summed E-state index contributed by atoms with van der Waals surface area (Å²) in [5, 5.41) is 3.62. The van der Waals surface area contributed by atoms with Gasteiger partial charge in [0, 0.05) is 18.0 Å². The first-order valence-electron chi connectivity index (χ1n) is 7.78. The monoisotopic (exact) mass is 277 g/mol. The number of carbonyl (C=O) groups is 1. The Morgan fingerprint density at radius 1 is 0.952 bits per heavy atom. The van der Waals surface area contributed by atoms with Crippen LogP contribution in [0, 0.1) is 5.92 Å². The Morgan fingerprint density at radius 2 is 1.71 bits per heavy atom. The second kappa shape index (κ2) is 5.03. The van der Waals surface area contributed by atoms with Crippen LogP contribution in [0.25, 0.3) is 0 Å². The van der Waals surface area contributed by atoms with Gasteiger partial charge in [0.2, 0.25) is 0 Å². The minimum absolute atomic E-state index is 0.0797. The first-order chi connectivity index (χ1) is 10.3. The standard InChI is InChI=1S/C19H19NO/c21-17-12-6-10-15-14-9-4-5-11-16(14)20-19(18(15)17)13-7-2-1-3-8-13/h1-5,7-9,11,15,18-20H,6,10,12H2/t15-,18+,19-/m1/s1. The Kier molecular flexibility index (Phi) is 3.03. The van der Waals surface area contributed by atoms with Crippen LogP contribution >= 0.6 is 0 Å². The maximum atomic E-state index is 12.6. The molecule has 0 radical (unpaired) electrons. The zero-order chi connectivity index (χ0) is 14.2. The lowest BCUT2D eigenvalue weighted by Gasteiger charge is -2.42. The molecule has 2 aromatic rings. The van der Waals surface area contributed by atoms with E-state index in [1.807, 2.05) is 6.07 Å². The summed E-state index contributed by atoms with van der Waals surface area (Å²) >= 11 is 0. The van der Waals surface area contributed by atoms with E-state index in [1.54, 1.807) is 0 Å². The average Bonchev–Trinajstić information content (AvgIpc) is 2.55. The number of benzene rings is 2. The molecule has 1 heterocycles. The maximum Gasteiger partial charge on any atom is 0.138 e. The Hall–Kier alpha value is -2.09. The lowest BCUT2D eigenvalue weighted by Crippen LogP contribution is -2.39. The SMILES string of the molecule is O=C1CCC[C@@H]2c3ccccc3N[C@H](c3ccccc3)[C@H]12. The molecule has 1 N–H and O–H groups in total. The van der Waals surface area contributed by atoms with Crippen LogP contribution in [0.15, 0.2) is 54.6 Å². The van der Waals surface area contributed by atoms with Crippen molar-refractivity contribution in [1.82, 2.24) is 0 Å². The van der Waals surface area contributed by atoms with Gasteiger partial charge in [-0.15, -0.1) is 0 Å². The molecule has 1 aliphatic carbocycles. The molecule has 1 aliphatic heterocycles. The van der Waals surface area contributed by atoms with Gasteiger partial charge in [0.1, 0.15) is 5.78 Å². The van der Waals surface area contributed by atoms with Crippen molar-refractivity contribution < 1.29 is 4.79 Å². The number of rotatable bonds is 1. The van der Waals surface area contributed by atoms with Gasteiger partial charge >= 0.3 is 0 Å². The molecule has 2 aliphatic rings. The third-order valence-electron chi connectivity index (χ3n) is 4.93. The van der Waals surface area contributed by atoms with Crippen molar-refractivity contribution in [2.45, 2.75) is 31.2 Å². The van der Waals surface area contributed by atoms with Crippen molar-refractivity contribution >= 4 is 11.5 Å². The van der Waals surface area contributed by atoms with Crippen LogP contribution in [-0.2, 0) is 4.79 Å². The maximum absolute atomic E-state index is 12.6. The van der Waals surface area contributed by atoms with Crippen molar-refractivity contribution in [1.29, 1.82) is 0 Å². The first-order valence-corrected chi connectivity index (χ1v) is 7.78. The molecule has 1 saturated carbocycles. The number of fused-ring (bicyclic) bond motifs is 3. The molecule has 0 bridgehead atoms. The number of hydrogen-bond donors (Lipinski definition) is 1. The number of carbonyl (C=O) groups excluding carboxylic acids is 1. The van der Waals surface area contributed by atoms with Crippen LogP contribution in [0.1, 0.15) is 42.3 Å². The number of para-hydroxylation sites is 1. The summed E-state index contributed by atoms with van der Waals surface area (Å²) in [5.41, 5.74) is 3.74. The lowest BCUT2D eigenvalue weighted by molar-refractivity contribution is -0.126. The van der Waals surface area contributed by atoms with Crippen molar-refractivity contribution in [3.05, 3.63) is 65.7 Å². The quantitative estimate of drug-likeness (QED) is 0.841. The normalized spacial score (nSPS) is 27.4. The van der Waals surface area contributed by atoms with Gasteiger partial charge in [0.05, 0.1) is 6.04 Å². The van der Waals surface area contributed by atoms with Crippen LogP contribution < -0.4 is 5.32 Å². The second-order valence-corrected chi connectivity index (χ2v) is 6.11. The highest BCUT2D eigenvalue weighted by atomic mass is 16.1. The topological polar surface area (TPSA) is 29.1 Å². The van der Waals surface area contributed by atoms with E-state index in [0.29, 0.717) is 11.7 Å². The van der Waals surface area contributed by atoms with Gasteiger partial charge in [-0.2, -0.15) is 0 Å². The van der Waals surface area contributed by atoms with E-state index in [-0.39, 0.29) is 12.0 Å². The Bertz CT molecular complexity index is 664. The Labute approximate surface area is 125 Å². The van der Waals surface area contributed by atoms with E-state index in [1.165, 1.54) is 16.8 Å². The molecule has 0 amide bonds. The second-order valence-electron chi connectivity index (χ2n) is 6.11. The molecular weight excluding hydrogens is 258 g/mol. The van der Waals surface area contributed by atoms with Crippen LogP contribution in [0.3, 0.4) is 0 Å². The van der Waals surface area contributed by atoms with E-state index in [0.717, 1.165) is 19.3 Å². The van der Waals surface area contributed by atoms with Crippen LogP contribution in [-0.4, -0.2) is 5.78 Å². The van der Waals surface area contributed by atoms with Gasteiger partial charge in [0.25, 0.3) is 0 Å². The zero-order valence-corrected chi connectivity index (χ0v) is 12.0. The predicted molar refractivity (Wildman–Crippen MR) is 84.3 cm³/mol. The fourth-order valence-corrected chi connectivity index (χ4v) is 3.99. The third-order valence-corrected chi connectivity index (χ3v) is 4.93. The summed E-state index contributed by atoms with van der Waals surface area (Å²) in [6.07, 6.45) is 2.88. The zero-order valence-electron chi connectivity index (χ0n) is 12.0. The molecule has 1 fully saturated rings. The third kappa shape index (κ3) is 2.06. The van der Waals surface area contributed by atoms with E-state index in [2.05, 4.69) is 53.8 Å². The van der Waals surface area contributed by atoms with E-state index in [4.69, 9.17) is 0 Å². The molecular formula is C19H19NO. The fraction of sp³-hybridized carbons (Fsp3) is 0.316. The Morgan fingerprint density at radius 3 is 2.57 bits per heavy atom. The smallest absolute Gasteiger partial charge is 0.138 e. The average molecular weight is 277 g/mol. The minimum atomic E-state index is 0.0797. The molecule has 106 valence electrons. The van der Waals surface area contributed by atoms with Crippen molar-refractivity contribution in [2.75, 3.05) is 5.32 Å². The van der Waals surface area contributed by atoms with Gasteiger partial charge < -0.3 is 5.32 Å². The van der Waals surface area contributed by atoms with E-state index < -0.39 is 0 Å². The van der Waals surface area contributed by atoms with Gasteiger partial charge in [0.15, 0.2) is 0 Å². The van der Waals surface area contributed by atoms with Crippen molar-refractivity contribution in [3.8, 4) is 0 Å². The van der Waals surface area contributed by atoms with E-state index >= 15 is 0 Å². The van der Waals surface area contributed by atoms with Gasteiger partial charge in [-0.3, -0.25) is 4.79 Å². The predicted octanol–water partition coefficient (Wildman–Crippen LogP) is 4.31. The van der Waals surface area contributed by atoms with Crippen LogP contribution in [0.2, 0.25) is 0 Å². The summed E-state index contributed by atoms with van der Waals surface area (Å²) in [6, 6.07) is 19.0. The molecule has 21 heavy (non-hydrogen) atoms. The fourth-order valence-electron chi connectivity index (χ4n) is 3.99. The highest BCUT2D eigenvalue weighted by Gasteiger charge is 2.43. The largest absolute Gasteiger partial charge is 0.377 e. The summed E-state index contributed by atoms with van der Waals surface area (Å²) < 4.78 is 0. The summed E-state index contributed by atoms with van der Waals surface area (Å²) in [4.78, 5) is 12.6. The lowest BCUT2D eigenvalue weighted by atomic mass is 9.67. The molecule has 0 aromatic heterocycles. The summed E-state index contributed by atoms with van der Waals surface area (Å²) in [6.45, 7) is 0. The molecule has 4 rings (SSSR count). The van der Waals surface area contributed by atoms with Crippen molar-refractivity contribution in [2.24, 2.45) is 5.92 Å². The first kappa shape index (κ1) is 12.6. The summed E-state index contributed by atoms with van der Waals surface area (Å²) in [5.74, 6) is 0.868. The molecule has 0 saturated heterocycles. The van der Waals surface area contributed by atoms with Crippen LogP contribution in [0.4, 0.5) is 5.69 Å². The Balaban J connectivity index is 1.83. The molecule has 0 unspecified atom stereocenters. The molecule has 2 heteroatoms. The molecule has 0 spiro atoms. The number of Topliss-reactive ketones (excluding diaryl/α,β-unsaturated/α-hetero) is 1. The van der Waals surface area contributed by atoms with Crippen LogP contribution in [0.5, 0.6) is 0 Å². The molecule has 2 nitrogen and oxygen atoms in total. The molecule has 3 atom stereocenters. The number of nitrogens with one attached hydrogen (secondary N) is 1. The van der Waals surface area contributed by atoms with Gasteiger partial charge in [-0.25, -0.2) is 0 Å². The number of anilines is 1. The van der Waals surface area contributed by atoms with Gasteiger partial charge in [-0.05, 0) is 36.0 Å². The van der Waals surface area contributed by atoms with Crippen molar-refractivity contribution in [3.63, 3.8) is 0 Å². The highest BCUT2D eigenvalue weighted by molar-refractivity contribution is 5.85. The van der Waals surface area contributed by atoms with Gasteiger partial charge in [-0.1, -0.05) is 48.5 Å². The minimum Gasteiger partial charge on any atom is -0.377 e.